The lowest BCUT2D eigenvalue weighted by molar-refractivity contribution is -0.491. The van der Waals surface area contributed by atoms with Gasteiger partial charge in [0.15, 0.2) is 0 Å². The number of aliphatic hydroxyl groups is 1. The van der Waals surface area contributed by atoms with Gasteiger partial charge in [0, 0.05) is 4.92 Å². The SMILES string of the molecule is O=[N+]([O-])CC(O)c1ccc2ccccc2c1. The highest BCUT2D eigenvalue weighted by atomic mass is 16.6. The van der Waals surface area contributed by atoms with Crippen molar-refractivity contribution in [2.24, 2.45) is 0 Å². The first-order chi connectivity index (χ1) is 7.66. The van der Waals surface area contributed by atoms with Crippen LogP contribution in [0.25, 0.3) is 10.8 Å². The molecule has 0 fully saturated rings. The van der Waals surface area contributed by atoms with Crippen LogP contribution in [0, 0.1) is 10.1 Å². The Hall–Kier alpha value is -1.94. The fraction of sp³-hybridized carbons (Fsp3) is 0.167. The van der Waals surface area contributed by atoms with E-state index in [2.05, 4.69) is 0 Å². The summed E-state index contributed by atoms with van der Waals surface area (Å²) < 4.78 is 0. The van der Waals surface area contributed by atoms with Crippen LogP contribution < -0.4 is 0 Å². The molecular weight excluding hydrogens is 206 g/mol. The maximum atomic E-state index is 10.3. The number of nitrogens with zero attached hydrogens (tertiary/aromatic N) is 1. The highest BCUT2D eigenvalue weighted by Crippen LogP contribution is 2.20. The lowest BCUT2D eigenvalue weighted by Gasteiger charge is -2.07. The molecule has 0 aliphatic heterocycles. The van der Waals surface area contributed by atoms with E-state index in [9.17, 15) is 15.2 Å². The topological polar surface area (TPSA) is 63.4 Å². The molecule has 0 amide bonds. The van der Waals surface area contributed by atoms with Crippen molar-refractivity contribution >= 4 is 10.8 Å². The molecule has 0 heterocycles. The molecule has 16 heavy (non-hydrogen) atoms. The Morgan fingerprint density at radius 1 is 1.19 bits per heavy atom. The lowest BCUT2D eigenvalue weighted by atomic mass is 10.0. The van der Waals surface area contributed by atoms with E-state index in [-0.39, 0.29) is 0 Å². The van der Waals surface area contributed by atoms with E-state index >= 15 is 0 Å². The zero-order valence-electron chi connectivity index (χ0n) is 8.54. The maximum Gasteiger partial charge on any atom is 0.233 e. The Labute approximate surface area is 92.3 Å². The monoisotopic (exact) mass is 217 g/mol. The first kappa shape index (κ1) is 10.6. The third-order valence-corrected chi connectivity index (χ3v) is 2.48. The van der Waals surface area contributed by atoms with Crippen molar-refractivity contribution in [1.29, 1.82) is 0 Å². The summed E-state index contributed by atoms with van der Waals surface area (Å²) in [5, 5.41) is 21.9. The van der Waals surface area contributed by atoms with Crippen LogP contribution in [0.5, 0.6) is 0 Å². The molecule has 0 radical (unpaired) electrons. The minimum absolute atomic E-state index is 0.460. The number of benzene rings is 2. The number of aliphatic hydroxyl groups excluding tert-OH is 1. The van der Waals surface area contributed by atoms with Crippen molar-refractivity contribution in [2.75, 3.05) is 6.54 Å². The predicted octanol–water partition coefficient (Wildman–Crippen LogP) is 2.15. The molecule has 0 saturated carbocycles. The second-order valence-corrected chi connectivity index (χ2v) is 3.64. The van der Waals surface area contributed by atoms with Crippen LogP contribution in [0.4, 0.5) is 0 Å². The Balaban J connectivity index is 2.35. The van der Waals surface area contributed by atoms with Crippen LogP contribution in [0.15, 0.2) is 42.5 Å². The standard InChI is InChI=1S/C12H11NO3/c14-12(8-13(15)16)11-6-5-9-3-1-2-4-10(9)7-11/h1-7,12,14H,8H2. The number of hydrogen-bond acceptors (Lipinski definition) is 3. The molecule has 1 atom stereocenters. The highest BCUT2D eigenvalue weighted by Gasteiger charge is 2.13. The first-order valence-electron chi connectivity index (χ1n) is 4.95. The van der Waals surface area contributed by atoms with Gasteiger partial charge in [0.25, 0.3) is 0 Å². The quantitative estimate of drug-likeness (QED) is 0.632. The van der Waals surface area contributed by atoms with E-state index in [4.69, 9.17) is 0 Å². The largest absolute Gasteiger partial charge is 0.382 e. The van der Waals surface area contributed by atoms with Crippen molar-refractivity contribution in [1.82, 2.24) is 0 Å². The molecule has 0 aliphatic rings. The zero-order chi connectivity index (χ0) is 11.5. The number of fused-ring (bicyclic) bond motifs is 1. The summed E-state index contributed by atoms with van der Waals surface area (Å²) in [5.74, 6) is 0. The second-order valence-electron chi connectivity index (χ2n) is 3.64. The summed E-state index contributed by atoms with van der Waals surface area (Å²) in [4.78, 5) is 9.78. The Kier molecular flexibility index (Phi) is 2.83. The molecular formula is C12H11NO3. The zero-order valence-corrected chi connectivity index (χ0v) is 8.54. The van der Waals surface area contributed by atoms with Crippen molar-refractivity contribution in [2.45, 2.75) is 6.10 Å². The van der Waals surface area contributed by atoms with Gasteiger partial charge in [-0.15, -0.1) is 0 Å². The van der Waals surface area contributed by atoms with Gasteiger partial charge in [-0.25, -0.2) is 0 Å². The van der Waals surface area contributed by atoms with Gasteiger partial charge in [0.2, 0.25) is 6.54 Å². The molecule has 2 aromatic rings. The van der Waals surface area contributed by atoms with Crippen molar-refractivity contribution in [3.8, 4) is 0 Å². The average molecular weight is 217 g/mol. The van der Waals surface area contributed by atoms with Gasteiger partial charge in [-0.3, -0.25) is 10.1 Å². The molecule has 0 bridgehead atoms. The van der Waals surface area contributed by atoms with Crippen LogP contribution in [0.1, 0.15) is 11.7 Å². The van der Waals surface area contributed by atoms with E-state index in [1.54, 1.807) is 12.1 Å². The van der Waals surface area contributed by atoms with Gasteiger partial charge in [-0.05, 0) is 22.4 Å². The maximum absolute atomic E-state index is 10.3. The van der Waals surface area contributed by atoms with E-state index in [0.717, 1.165) is 10.8 Å². The molecule has 2 aromatic carbocycles. The number of rotatable bonds is 3. The van der Waals surface area contributed by atoms with Gasteiger partial charge in [0.05, 0.1) is 0 Å². The third-order valence-electron chi connectivity index (χ3n) is 2.48. The van der Waals surface area contributed by atoms with Gasteiger partial charge in [0.1, 0.15) is 6.10 Å². The first-order valence-corrected chi connectivity index (χ1v) is 4.95. The third kappa shape index (κ3) is 2.17. The van der Waals surface area contributed by atoms with Crippen LogP contribution in [-0.2, 0) is 0 Å². The molecule has 0 aromatic heterocycles. The minimum atomic E-state index is -1.04. The summed E-state index contributed by atoms with van der Waals surface area (Å²) in [5.41, 5.74) is 0.579. The van der Waals surface area contributed by atoms with Crippen LogP contribution in [0.2, 0.25) is 0 Å². The lowest BCUT2D eigenvalue weighted by Crippen LogP contribution is -2.11. The Morgan fingerprint density at radius 2 is 1.88 bits per heavy atom. The van der Waals surface area contributed by atoms with E-state index in [0.29, 0.717) is 5.56 Å². The van der Waals surface area contributed by atoms with Gasteiger partial charge in [-0.1, -0.05) is 36.4 Å². The molecule has 4 nitrogen and oxygen atoms in total. The molecule has 82 valence electrons. The minimum Gasteiger partial charge on any atom is -0.382 e. The second kappa shape index (κ2) is 4.28. The van der Waals surface area contributed by atoms with Crippen LogP contribution >= 0.6 is 0 Å². The smallest absolute Gasteiger partial charge is 0.233 e. The van der Waals surface area contributed by atoms with E-state index in [1.807, 2.05) is 30.3 Å². The molecule has 1 N–H and O–H groups in total. The number of nitro groups is 1. The van der Waals surface area contributed by atoms with E-state index < -0.39 is 17.6 Å². The summed E-state index contributed by atoms with van der Waals surface area (Å²) in [6, 6.07) is 13.0. The van der Waals surface area contributed by atoms with Gasteiger partial charge < -0.3 is 5.11 Å². The fourth-order valence-corrected chi connectivity index (χ4v) is 1.66. The molecule has 0 spiro atoms. The fourth-order valence-electron chi connectivity index (χ4n) is 1.66. The van der Waals surface area contributed by atoms with Crippen LogP contribution in [0.3, 0.4) is 0 Å². The van der Waals surface area contributed by atoms with E-state index in [1.165, 1.54) is 0 Å². The Bertz CT molecular complexity index is 524. The summed E-state index contributed by atoms with van der Waals surface area (Å²) in [7, 11) is 0. The van der Waals surface area contributed by atoms with Gasteiger partial charge in [-0.2, -0.15) is 0 Å². The Morgan fingerprint density at radius 3 is 2.56 bits per heavy atom. The number of hydrogen-bond donors (Lipinski definition) is 1. The molecule has 1 unspecified atom stereocenters. The van der Waals surface area contributed by atoms with Crippen molar-refractivity contribution in [3.63, 3.8) is 0 Å². The van der Waals surface area contributed by atoms with Crippen molar-refractivity contribution < 1.29 is 10.0 Å². The van der Waals surface area contributed by atoms with Crippen molar-refractivity contribution in [3.05, 3.63) is 58.1 Å². The molecule has 0 saturated heterocycles. The highest BCUT2D eigenvalue weighted by molar-refractivity contribution is 5.83. The molecule has 4 heteroatoms. The summed E-state index contributed by atoms with van der Waals surface area (Å²) in [6.07, 6.45) is -1.04. The van der Waals surface area contributed by atoms with Gasteiger partial charge >= 0.3 is 0 Å². The average Bonchev–Trinajstić information content (AvgIpc) is 2.27. The van der Waals surface area contributed by atoms with Crippen LogP contribution in [-0.4, -0.2) is 16.6 Å². The molecule has 2 rings (SSSR count). The normalized spacial score (nSPS) is 12.6. The molecule has 0 aliphatic carbocycles. The summed E-state index contributed by atoms with van der Waals surface area (Å²) in [6.45, 7) is -0.460. The predicted molar refractivity (Wildman–Crippen MR) is 60.8 cm³/mol. The summed E-state index contributed by atoms with van der Waals surface area (Å²) >= 11 is 0.